The average Bonchev–Trinajstić information content (AvgIpc) is 3.22. The van der Waals surface area contributed by atoms with E-state index in [2.05, 4.69) is 15.5 Å². The molecule has 1 aromatic heterocycles. The molecule has 3 rings (SSSR count). The zero-order valence-corrected chi connectivity index (χ0v) is 19.8. The van der Waals surface area contributed by atoms with Crippen molar-refractivity contribution in [3.05, 3.63) is 42.0 Å². The fourth-order valence-electron chi connectivity index (χ4n) is 3.10. The number of carbonyl (C=O) groups excluding carboxylic acids is 1. The number of amides is 1. The van der Waals surface area contributed by atoms with Crippen LogP contribution in [0.1, 0.15) is 5.56 Å². The van der Waals surface area contributed by atoms with Crippen molar-refractivity contribution in [1.29, 1.82) is 0 Å². The molecule has 0 unspecified atom stereocenters. The van der Waals surface area contributed by atoms with Crippen LogP contribution >= 0.6 is 11.8 Å². The Morgan fingerprint density at radius 2 is 1.67 bits per heavy atom. The number of nitrogens with zero attached hydrogens (tertiary/aromatic N) is 3. The van der Waals surface area contributed by atoms with E-state index < -0.39 is 0 Å². The van der Waals surface area contributed by atoms with Gasteiger partial charge in [-0.1, -0.05) is 23.9 Å². The van der Waals surface area contributed by atoms with Crippen LogP contribution in [0.3, 0.4) is 0 Å². The van der Waals surface area contributed by atoms with Crippen molar-refractivity contribution in [2.24, 2.45) is 0 Å². The molecule has 33 heavy (non-hydrogen) atoms. The largest absolute Gasteiger partial charge is 0.497 e. The number of hydrogen-bond acceptors (Lipinski definition) is 9. The minimum Gasteiger partial charge on any atom is -0.497 e. The summed E-state index contributed by atoms with van der Waals surface area (Å²) in [6.45, 7) is 0.526. The number of benzene rings is 2. The van der Waals surface area contributed by atoms with Gasteiger partial charge in [0.1, 0.15) is 5.75 Å². The number of nitrogens with one attached hydrogen (secondary N) is 1. The van der Waals surface area contributed by atoms with Crippen LogP contribution in [0.25, 0.3) is 11.4 Å². The van der Waals surface area contributed by atoms with E-state index in [1.807, 2.05) is 24.3 Å². The summed E-state index contributed by atoms with van der Waals surface area (Å²) in [5, 5.41) is 11.6. The summed E-state index contributed by atoms with van der Waals surface area (Å²) < 4.78 is 22.6. The summed E-state index contributed by atoms with van der Waals surface area (Å²) in [7, 11) is 6.22. The first kappa shape index (κ1) is 24.1. The lowest BCUT2D eigenvalue weighted by Gasteiger charge is -2.13. The Labute approximate surface area is 196 Å². The molecule has 0 radical (unpaired) electrons. The fraction of sp³-hybridized carbons (Fsp3) is 0.318. The molecule has 0 aliphatic rings. The number of carbonyl (C=O) groups is 1. The lowest BCUT2D eigenvalue weighted by atomic mass is 10.1. The van der Waals surface area contributed by atoms with Gasteiger partial charge in [0.05, 0.1) is 34.2 Å². The van der Waals surface area contributed by atoms with Crippen LogP contribution in [0.4, 0.5) is 0 Å². The summed E-state index contributed by atoms with van der Waals surface area (Å²) >= 11 is 1.20. The topological polar surface area (TPSA) is 123 Å². The zero-order chi connectivity index (χ0) is 23.8. The monoisotopic (exact) mass is 473 g/mol. The molecule has 0 saturated carbocycles. The molecule has 0 saturated heterocycles. The first-order valence-corrected chi connectivity index (χ1v) is 11.0. The third kappa shape index (κ3) is 5.80. The molecule has 176 valence electrons. The van der Waals surface area contributed by atoms with Gasteiger partial charge in [-0.2, -0.15) is 0 Å². The summed E-state index contributed by atoms with van der Waals surface area (Å²) in [6, 6.07) is 11.2. The standard InChI is InChI=1S/C22H27N5O5S/c1-29-16-7-5-14(6-8-16)9-10-24-19(28)13-33-22-26-25-21(27(22)23)15-11-17(30-2)20(32-4)18(12-15)31-3/h5-8,11-12H,9-10,13,23H2,1-4H3,(H,24,28). The molecular formula is C22H27N5O5S. The first-order chi connectivity index (χ1) is 16.0. The van der Waals surface area contributed by atoms with E-state index in [1.165, 1.54) is 37.8 Å². The van der Waals surface area contributed by atoms with E-state index in [9.17, 15) is 4.79 Å². The van der Waals surface area contributed by atoms with Crippen molar-refractivity contribution < 1.29 is 23.7 Å². The fourth-order valence-corrected chi connectivity index (χ4v) is 3.79. The summed E-state index contributed by atoms with van der Waals surface area (Å²) in [6.07, 6.45) is 0.721. The van der Waals surface area contributed by atoms with Crippen LogP contribution in [-0.4, -0.2) is 61.5 Å². The molecule has 0 aliphatic carbocycles. The third-order valence-corrected chi connectivity index (χ3v) is 5.76. The second-order valence-corrected chi connectivity index (χ2v) is 7.77. The molecule has 1 amide bonds. The maximum atomic E-state index is 12.2. The van der Waals surface area contributed by atoms with Crippen molar-refractivity contribution in [2.45, 2.75) is 11.6 Å². The zero-order valence-electron chi connectivity index (χ0n) is 19.0. The summed E-state index contributed by atoms with van der Waals surface area (Å²) in [5.74, 6) is 8.84. The number of nitrogens with two attached hydrogens (primary N) is 1. The lowest BCUT2D eigenvalue weighted by molar-refractivity contribution is -0.118. The highest BCUT2D eigenvalue weighted by Gasteiger charge is 2.19. The van der Waals surface area contributed by atoms with Crippen molar-refractivity contribution in [1.82, 2.24) is 20.2 Å². The predicted octanol–water partition coefficient (Wildman–Crippen LogP) is 2.14. The molecule has 3 N–H and O–H groups in total. The van der Waals surface area contributed by atoms with Crippen molar-refractivity contribution in [3.8, 4) is 34.4 Å². The van der Waals surface area contributed by atoms with Gasteiger partial charge >= 0.3 is 0 Å². The van der Waals surface area contributed by atoms with E-state index in [4.69, 9.17) is 24.8 Å². The van der Waals surface area contributed by atoms with Crippen LogP contribution in [0.15, 0.2) is 41.6 Å². The van der Waals surface area contributed by atoms with Gasteiger partial charge in [0.15, 0.2) is 17.3 Å². The Morgan fingerprint density at radius 1 is 1.00 bits per heavy atom. The highest BCUT2D eigenvalue weighted by Crippen LogP contribution is 2.40. The number of rotatable bonds is 11. The van der Waals surface area contributed by atoms with Gasteiger partial charge in [0.25, 0.3) is 0 Å². The first-order valence-electron chi connectivity index (χ1n) is 10.0. The van der Waals surface area contributed by atoms with Crippen LogP contribution in [0.2, 0.25) is 0 Å². The van der Waals surface area contributed by atoms with Crippen molar-refractivity contribution in [3.63, 3.8) is 0 Å². The SMILES string of the molecule is COc1ccc(CCNC(=O)CSc2nnc(-c3cc(OC)c(OC)c(OC)c3)n2N)cc1. The number of thioether (sulfide) groups is 1. The van der Waals surface area contributed by atoms with E-state index in [-0.39, 0.29) is 11.7 Å². The third-order valence-electron chi connectivity index (χ3n) is 4.81. The molecule has 1 heterocycles. The van der Waals surface area contributed by atoms with Gasteiger partial charge in [0, 0.05) is 12.1 Å². The Hall–Kier alpha value is -3.60. The Morgan fingerprint density at radius 3 is 2.24 bits per heavy atom. The minimum absolute atomic E-state index is 0.120. The number of aromatic nitrogens is 3. The molecule has 0 aliphatic heterocycles. The maximum Gasteiger partial charge on any atom is 0.230 e. The lowest BCUT2D eigenvalue weighted by Crippen LogP contribution is -2.27. The molecule has 0 bridgehead atoms. The molecule has 0 fully saturated rings. The summed E-state index contributed by atoms with van der Waals surface area (Å²) in [5.41, 5.74) is 1.75. The molecular weight excluding hydrogens is 446 g/mol. The number of nitrogen functional groups attached to an aromatic ring is 1. The van der Waals surface area contributed by atoms with Gasteiger partial charge in [-0.25, -0.2) is 4.68 Å². The van der Waals surface area contributed by atoms with Crippen LogP contribution < -0.4 is 30.1 Å². The molecule has 3 aromatic rings. The van der Waals surface area contributed by atoms with Crippen LogP contribution in [0, 0.1) is 0 Å². The Balaban J connectivity index is 1.59. The van der Waals surface area contributed by atoms with E-state index >= 15 is 0 Å². The van der Waals surface area contributed by atoms with Gasteiger partial charge < -0.3 is 30.1 Å². The minimum atomic E-state index is -0.120. The number of ether oxygens (including phenoxy) is 4. The number of hydrogen-bond donors (Lipinski definition) is 2. The molecule has 11 heteroatoms. The van der Waals surface area contributed by atoms with Gasteiger partial charge in [-0.15, -0.1) is 10.2 Å². The Kier molecular flexibility index (Phi) is 8.25. The predicted molar refractivity (Wildman–Crippen MR) is 126 cm³/mol. The smallest absolute Gasteiger partial charge is 0.230 e. The highest BCUT2D eigenvalue weighted by atomic mass is 32.2. The van der Waals surface area contributed by atoms with Gasteiger partial charge in [-0.3, -0.25) is 4.79 Å². The van der Waals surface area contributed by atoms with Crippen molar-refractivity contribution >= 4 is 17.7 Å². The Bertz CT molecular complexity index is 1060. The second-order valence-electron chi connectivity index (χ2n) is 6.83. The van der Waals surface area contributed by atoms with Gasteiger partial charge in [-0.05, 0) is 36.2 Å². The maximum absolute atomic E-state index is 12.2. The quantitative estimate of drug-likeness (QED) is 0.318. The molecule has 2 aromatic carbocycles. The highest BCUT2D eigenvalue weighted by molar-refractivity contribution is 7.99. The second kappa shape index (κ2) is 11.3. The number of methoxy groups -OCH3 is 4. The van der Waals surface area contributed by atoms with Crippen molar-refractivity contribution in [2.75, 3.05) is 46.6 Å². The molecule has 10 nitrogen and oxygen atoms in total. The molecule has 0 atom stereocenters. The van der Waals surface area contributed by atoms with E-state index in [0.717, 1.165) is 17.7 Å². The normalized spacial score (nSPS) is 10.5. The van der Waals surface area contributed by atoms with Crippen LogP contribution in [-0.2, 0) is 11.2 Å². The molecule has 0 spiro atoms. The van der Waals surface area contributed by atoms with Crippen LogP contribution in [0.5, 0.6) is 23.0 Å². The summed E-state index contributed by atoms with van der Waals surface area (Å²) in [4.78, 5) is 12.2. The van der Waals surface area contributed by atoms with E-state index in [0.29, 0.717) is 40.3 Å². The van der Waals surface area contributed by atoms with E-state index in [1.54, 1.807) is 19.2 Å². The average molecular weight is 474 g/mol. The van der Waals surface area contributed by atoms with Gasteiger partial charge in [0.2, 0.25) is 16.8 Å².